The number of nitrogens with one attached hydrogen (secondary N) is 1. The molecule has 2 aliphatic rings. The molecule has 1 amide bonds. The lowest BCUT2D eigenvalue weighted by Gasteiger charge is -2.29. The molecule has 0 atom stereocenters. The van der Waals surface area contributed by atoms with Gasteiger partial charge >= 0.3 is 6.09 Å². The summed E-state index contributed by atoms with van der Waals surface area (Å²) in [5, 5.41) is 12.0. The smallest absolute Gasteiger partial charge is 0.410 e. The number of anilines is 1. The quantitative estimate of drug-likeness (QED) is 0.327. The van der Waals surface area contributed by atoms with Gasteiger partial charge in [0.15, 0.2) is 11.6 Å². The van der Waals surface area contributed by atoms with E-state index in [0.29, 0.717) is 42.4 Å². The second-order valence-electron chi connectivity index (χ2n) is 13.5. The number of carbonyl (C=O) groups is 1. The molecule has 0 saturated carbocycles. The van der Waals surface area contributed by atoms with E-state index in [0.717, 1.165) is 40.9 Å². The van der Waals surface area contributed by atoms with Gasteiger partial charge < -0.3 is 19.5 Å². The lowest BCUT2D eigenvalue weighted by molar-refractivity contribution is 0.0270. The Hall–Kier alpha value is -4.27. The van der Waals surface area contributed by atoms with Gasteiger partial charge in [0, 0.05) is 56.1 Å². The van der Waals surface area contributed by atoms with Crippen LogP contribution in [0.1, 0.15) is 65.5 Å². The van der Waals surface area contributed by atoms with E-state index in [-0.39, 0.29) is 17.3 Å². The summed E-state index contributed by atoms with van der Waals surface area (Å²) in [7, 11) is 3.63. The molecule has 0 aliphatic carbocycles. The fourth-order valence-electron chi connectivity index (χ4n) is 5.53. The van der Waals surface area contributed by atoms with E-state index < -0.39 is 5.60 Å². The summed E-state index contributed by atoms with van der Waals surface area (Å²) >= 11 is 0. The van der Waals surface area contributed by atoms with Crippen molar-refractivity contribution in [2.24, 2.45) is 17.5 Å². The van der Waals surface area contributed by atoms with E-state index in [1.54, 1.807) is 18.0 Å². The first-order valence-corrected chi connectivity index (χ1v) is 15.2. The summed E-state index contributed by atoms with van der Waals surface area (Å²) in [5.41, 5.74) is 6.67. The third kappa shape index (κ3) is 6.61. The molecular formula is C35H43FN6O2. The number of nitrogens with zero attached hydrogens (tertiary/aromatic N) is 5. The molecule has 0 fully saturated rings. The van der Waals surface area contributed by atoms with E-state index in [1.807, 2.05) is 56.7 Å². The van der Waals surface area contributed by atoms with Gasteiger partial charge in [0.25, 0.3) is 0 Å². The molecule has 2 aliphatic heterocycles. The van der Waals surface area contributed by atoms with Crippen molar-refractivity contribution < 1.29 is 13.9 Å². The predicted octanol–water partition coefficient (Wildman–Crippen LogP) is 7.63. The van der Waals surface area contributed by atoms with Gasteiger partial charge in [-0.05, 0) is 74.1 Å². The Morgan fingerprint density at radius 2 is 1.61 bits per heavy atom. The normalized spacial score (nSPS) is 15.8. The molecule has 5 rings (SSSR count). The molecule has 0 radical (unpaired) electrons. The van der Waals surface area contributed by atoms with Gasteiger partial charge in [-0.1, -0.05) is 51.1 Å². The van der Waals surface area contributed by atoms with E-state index in [9.17, 15) is 4.79 Å². The Morgan fingerprint density at radius 1 is 0.932 bits per heavy atom. The highest BCUT2D eigenvalue weighted by atomic mass is 19.1. The number of halogens is 1. The number of dihydropyridines is 1. The van der Waals surface area contributed by atoms with Crippen molar-refractivity contribution in [3.8, 4) is 22.8 Å². The second-order valence-corrected chi connectivity index (χ2v) is 13.5. The van der Waals surface area contributed by atoms with Crippen molar-refractivity contribution in [2.45, 2.75) is 60.0 Å². The van der Waals surface area contributed by atoms with E-state index in [1.165, 1.54) is 5.57 Å². The molecule has 232 valence electrons. The zero-order chi connectivity index (χ0) is 31.8. The summed E-state index contributed by atoms with van der Waals surface area (Å²) in [5.74, 6) is 0.705. The van der Waals surface area contributed by atoms with Crippen LogP contribution in [-0.4, -0.2) is 63.8 Å². The Labute approximate surface area is 259 Å². The van der Waals surface area contributed by atoms with Crippen LogP contribution in [0.3, 0.4) is 0 Å². The Kier molecular flexibility index (Phi) is 8.51. The van der Waals surface area contributed by atoms with Gasteiger partial charge in [-0.2, -0.15) is 0 Å². The summed E-state index contributed by atoms with van der Waals surface area (Å²) in [4.78, 5) is 18.8. The second kappa shape index (κ2) is 12.0. The number of aliphatic imine (C=N–C) groups is 1. The van der Waals surface area contributed by atoms with E-state index in [2.05, 4.69) is 54.5 Å². The standard InChI is InChI=1S/C35H43FN6O2/c1-34(2,3)29-21-25(13-16-38-29)22-9-11-24(12-10-22)31-39-40-32(41(31)8)30-27(36)19-26(20-28(30)37-7)23-14-17-42(18-15-23)33(43)44-35(4,5)6/h9-12,14,19-21,37H,13,15-18H2,1-8H3. The highest BCUT2D eigenvalue weighted by Gasteiger charge is 2.26. The summed E-state index contributed by atoms with van der Waals surface area (Å²) in [6.07, 6.45) is 5.35. The van der Waals surface area contributed by atoms with Crippen molar-refractivity contribution in [2.75, 3.05) is 32.0 Å². The summed E-state index contributed by atoms with van der Waals surface area (Å²) in [6.45, 7) is 13.8. The van der Waals surface area contributed by atoms with Crippen LogP contribution < -0.4 is 5.32 Å². The molecule has 3 aromatic rings. The van der Waals surface area contributed by atoms with Gasteiger partial charge in [0.2, 0.25) is 0 Å². The molecule has 2 aromatic carbocycles. The van der Waals surface area contributed by atoms with Crippen molar-refractivity contribution in [1.82, 2.24) is 19.7 Å². The zero-order valence-electron chi connectivity index (χ0n) is 27.1. The molecule has 1 aromatic heterocycles. The minimum absolute atomic E-state index is 0.0106. The van der Waals surface area contributed by atoms with Gasteiger partial charge in [0.1, 0.15) is 11.4 Å². The number of amides is 1. The van der Waals surface area contributed by atoms with Gasteiger partial charge in [-0.3, -0.25) is 4.99 Å². The molecule has 44 heavy (non-hydrogen) atoms. The largest absolute Gasteiger partial charge is 0.444 e. The van der Waals surface area contributed by atoms with Gasteiger partial charge in [0.05, 0.1) is 5.56 Å². The number of rotatable bonds is 5. The van der Waals surface area contributed by atoms with Crippen LogP contribution in [0.15, 0.2) is 53.5 Å². The molecule has 9 heteroatoms. The lowest BCUT2D eigenvalue weighted by Crippen LogP contribution is -2.39. The van der Waals surface area contributed by atoms with Crippen LogP contribution in [0, 0.1) is 11.2 Å². The van der Waals surface area contributed by atoms with Crippen LogP contribution in [0.25, 0.3) is 33.9 Å². The number of hydrogen-bond acceptors (Lipinski definition) is 6. The van der Waals surface area contributed by atoms with Crippen molar-refractivity contribution >= 4 is 28.6 Å². The number of aromatic nitrogens is 3. The third-order valence-electron chi connectivity index (χ3n) is 7.95. The Bertz CT molecular complexity index is 1650. The van der Waals surface area contributed by atoms with Crippen LogP contribution >= 0.6 is 0 Å². The monoisotopic (exact) mass is 598 g/mol. The number of benzene rings is 2. The molecule has 0 saturated heterocycles. The van der Waals surface area contributed by atoms with Crippen LogP contribution in [0.5, 0.6) is 0 Å². The highest BCUT2D eigenvalue weighted by molar-refractivity contribution is 6.05. The van der Waals surface area contributed by atoms with E-state index in [4.69, 9.17) is 9.73 Å². The van der Waals surface area contributed by atoms with Gasteiger partial charge in [-0.15, -0.1) is 10.2 Å². The summed E-state index contributed by atoms with van der Waals surface area (Å²) < 4.78 is 23.2. The summed E-state index contributed by atoms with van der Waals surface area (Å²) in [6, 6.07) is 11.8. The number of hydrogen-bond donors (Lipinski definition) is 1. The Morgan fingerprint density at radius 3 is 2.23 bits per heavy atom. The molecule has 8 nitrogen and oxygen atoms in total. The minimum atomic E-state index is -0.552. The SMILES string of the molecule is CNc1cc(C2=CCN(C(=O)OC(C)(C)C)CC2)cc(F)c1-c1nnc(-c2ccc(C3=CC(C(C)(C)C)=NCC3)cc2)n1C. The first kappa shape index (κ1) is 31.2. The fraction of sp³-hybridized carbons (Fsp3) is 0.429. The van der Waals surface area contributed by atoms with Crippen LogP contribution in [-0.2, 0) is 11.8 Å². The molecule has 0 bridgehead atoms. The number of allylic oxidation sites excluding steroid dienone is 1. The topological polar surface area (TPSA) is 84.6 Å². The molecule has 1 N–H and O–H groups in total. The first-order chi connectivity index (χ1) is 20.7. The predicted molar refractivity (Wildman–Crippen MR) is 176 cm³/mol. The highest BCUT2D eigenvalue weighted by Crippen LogP contribution is 2.36. The third-order valence-corrected chi connectivity index (χ3v) is 7.95. The molecule has 3 heterocycles. The van der Waals surface area contributed by atoms with Crippen molar-refractivity contribution in [3.63, 3.8) is 0 Å². The van der Waals surface area contributed by atoms with Crippen LogP contribution in [0.2, 0.25) is 0 Å². The average Bonchev–Trinajstić information content (AvgIpc) is 3.36. The Balaban J connectivity index is 1.38. The maximum Gasteiger partial charge on any atom is 0.410 e. The zero-order valence-corrected chi connectivity index (χ0v) is 27.1. The lowest BCUT2D eigenvalue weighted by atomic mass is 9.85. The fourth-order valence-corrected chi connectivity index (χ4v) is 5.53. The number of carbonyl (C=O) groups excluding carboxylic acids is 1. The van der Waals surface area contributed by atoms with Gasteiger partial charge in [-0.25, -0.2) is 9.18 Å². The van der Waals surface area contributed by atoms with Crippen molar-refractivity contribution in [1.29, 1.82) is 0 Å². The minimum Gasteiger partial charge on any atom is -0.444 e. The number of ether oxygens (including phenoxy) is 1. The maximum absolute atomic E-state index is 15.8. The molecule has 0 spiro atoms. The van der Waals surface area contributed by atoms with Crippen molar-refractivity contribution in [3.05, 3.63) is 65.5 Å². The van der Waals surface area contributed by atoms with E-state index >= 15 is 4.39 Å². The molecular weight excluding hydrogens is 555 g/mol. The molecule has 0 unspecified atom stereocenters. The first-order valence-electron chi connectivity index (χ1n) is 15.2. The van der Waals surface area contributed by atoms with Crippen LogP contribution in [0.4, 0.5) is 14.9 Å². The average molecular weight is 599 g/mol. The maximum atomic E-state index is 15.8.